The van der Waals surface area contributed by atoms with Crippen LogP contribution in [0.3, 0.4) is 0 Å². The first-order valence-electron chi connectivity index (χ1n) is 9.29. The van der Waals surface area contributed by atoms with E-state index in [2.05, 4.69) is 15.2 Å². The average molecular weight is 409 g/mol. The molecule has 0 radical (unpaired) electrons. The first kappa shape index (κ1) is 21.1. The molecule has 29 heavy (non-hydrogen) atoms. The van der Waals surface area contributed by atoms with E-state index in [0.29, 0.717) is 12.2 Å². The summed E-state index contributed by atoms with van der Waals surface area (Å²) < 4.78 is 38.3. The quantitative estimate of drug-likeness (QED) is 0.684. The second kappa shape index (κ2) is 8.79. The van der Waals surface area contributed by atoms with Crippen molar-refractivity contribution in [3.05, 3.63) is 69.1 Å². The minimum atomic E-state index is -4.46. The molecule has 1 aromatic heterocycles. The normalized spacial score (nSPS) is 17.4. The highest BCUT2D eigenvalue weighted by Gasteiger charge is 2.30. The van der Waals surface area contributed by atoms with Crippen LogP contribution in [0.15, 0.2) is 41.2 Å². The van der Waals surface area contributed by atoms with E-state index in [4.69, 9.17) is 0 Å². The highest BCUT2D eigenvalue weighted by molar-refractivity contribution is 5.93. The van der Waals surface area contributed by atoms with Gasteiger partial charge in [0, 0.05) is 24.8 Å². The topological polar surface area (TPSA) is 85.4 Å². The van der Waals surface area contributed by atoms with Gasteiger partial charge in [0.1, 0.15) is 5.56 Å². The average Bonchev–Trinajstić information content (AvgIpc) is 3.13. The number of nitrogens with one attached hydrogen (secondary N) is 2. The molecule has 0 aliphatic carbocycles. The van der Waals surface area contributed by atoms with Crippen LogP contribution in [0.5, 0.6) is 0 Å². The van der Waals surface area contributed by atoms with Gasteiger partial charge >= 0.3 is 6.18 Å². The summed E-state index contributed by atoms with van der Waals surface area (Å²) in [6, 6.07) is 7.75. The van der Waals surface area contributed by atoms with Crippen LogP contribution < -0.4 is 10.9 Å². The lowest BCUT2D eigenvalue weighted by Gasteiger charge is -2.22. The molecule has 3 N–H and O–H groups in total. The van der Waals surface area contributed by atoms with Crippen molar-refractivity contribution >= 4 is 5.91 Å². The Labute approximate surface area is 165 Å². The van der Waals surface area contributed by atoms with E-state index in [1.165, 1.54) is 18.2 Å². The van der Waals surface area contributed by atoms with Gasteiger partial charge in [-0.1, -0.05) is 12.1 Å². The maximum atomic E-state index is 12.8. The number of aromatic nitrogens is 1. The molecule has 1 fully saturated rings. The third kappa shape index (κ3) is 5.24. The zero-order chi connectivity index (χ0) is 21.0. The van der Waals surface area contributed by atoms with E-state index in [1.807, 2.05) is 0 Å². The van der Waals surface area contributed by atoms with Gasteiger partial charge in [-0.25, -0.2) is 0 Å². The lowest BCUT2D eigenvalue weighted by molar-refractivity contribution is -0.137. The summed E-state index contributed by atoms with van der Waals surface area (Å²) in [5.74, 6) is -0.662. The third-order valence-electron chi connectivity index (χ3n) is 5.01. The molecule has 1 amide bonds. The van der Waals surface area contributed by atoms with Gasteiger partial charge in [0.25, 0.3) is 11.5 Å². The Morgan fingerprint density at radius 3 is 2.76 bits per heavy atom. The molecular formula is C20H22F3N3O3. The van der Waals surface area contributed by atoms with Crippen LogP contribution in [-0.2, 0) is 19.3 Å². The number of carbonyl (C=O) groups excluding carboxylic acids is 1. The summed E-state index contributed by atoms with van der Waals surface area (Å²) in [5, 5.41) is 11.8. The number of rotatable bonds is 6. The van der Waals surface area contributed by atoms with Gasteiger partial charge in [-0.2, -0.15) is 13.2 Å². The molecule has 1 aliphatic heterocycles. The zero-order valence-electron chi connectivity index (χ0n) is 15.6. The van der Waals surface area contributed by atoms with Crippen LogP contribution in [-0.4, -0.2) is 40.1 Å². The number of amides is 1. The van der Waals surface area contributed by atoms with Crippen LogP contribution in [0.2, 0.25) is 0 Å². The van der Waals surface area contributed by atoms with Crippen LogP contribution in [0, 0.1) is 0 Å². The van der Waals surface area contributed by atoms with Crippen LogP contribution in [0.25, 0.3) is 0 Å². The Morgan fingerprint density at radius 2 is 2.07 bits per heavy atom. The summed E-state index contributed by atoms with van der Waals surface area (Å²) in [5.41, 5.74) is -0.561. The number of aliphatic hydroxyl groups excluding tert-OH is 1. The highest BCUT2D eigenvalue weighted by Crippen LogP contribution is 2.29. The second-order valence-electron chi connectivity index (χ2n) is 7.06. The van der Waals surface area contributed by atoms with Crippen molar-refractivity contribution in [1.82, 2.24) is 15.2 Å². The van der Waals surface area contributed by atoms with Gasteiger partial charge in [0.05, 0.1) is 12.2 Å². The molecule has 1 saturated heterocycles. The maximum Gasteiger partial charge on any atom is 0.416 e. The molecule has 156 valence electrons. The van der Waals surface area contributed by atoms with E-state index in [9.17, 15) is 27.9 Å². The predicted molar refractivity (Wildman–Crippen MR) is 100 cm³/mol. The van der Waals surface area contributed by atoms with Crippen molar-refractivity contribution in [3.8, 4) is 0 Å². The first-order valence-corrected chi connectivity index (χ1v) is 9.29. The molecule has 1 aliphatic rings. The molecule has 0 bridgehead atoms. The van der Waals surface area contributed by atoms with Gasteiger partial charge in [-0.3, -0.25) is 14.5 Å². The van der Waals surface area contributed by atoms with Crippen LogP contribution in [0.4, 0.5) is 13.2 Å². The van der Waals surface area contributed by atoms with E-state index < -0.39 is 23.2 Å². The van der Waals surface area contributed by atoms with Gasteiger partial charge in [-0.05, 0) is 49.2 Å². The van der Waals surface area contributed by atoms with E-state index in [1.54, 1.807) is 6.07 Å². The number of carbonyl (C=O) groups is 1. The number of alkyl halides is 3. The van der Waals surface area contributed by atoms with E-state index >= 15 is 0 Å². The lowest BCUT2D eigenvalue weighted by Crippen LogP contribution is -2.33. The maximum absolute atomic E-state index is 12.8. The number of aromatic amines is 1. The number of hydrogen-bond acceptors (Lipinski definition) is 4. The Morgan fingerprint density at radius 1 is 1.28 bits per heavy atom. The Balaban J connectivity index is 1.63. The largest absolute Gasteiger partial charge is 0.416 e. The third-order valence-corrected chi connectivity index (χ3v) is 5.01. The lowest BCUT2D eigenvalue weighted by atomic mass is 10.1. The number of nitrogens with zero attached hydrogens (tertiary/aromatic N) is 1. The van der Waals surface area contributed by atoms with Crippen molar-refractivity contribution in [1.29, 1.82) is 0 Å². The standard InChI is InChI=1S/C20H22F3N3O3/c21-20(22,23)14-4-1-3-13(9-14)10-24-18(28)17-7-6-15(25-19(17)29)11-26-8-2-5-16(26)12-27/h1,3-4,6-7,9,16,27H,2,5,8,10-12H2,(H,24,28)(H,25,29)/t16-/m0/s1. The first-order chi connectivity index (χ1) is 13.8. The summed E-state index contributed by atoms with van der Waals surface area (Å²) in [6.07, 6.45) is -2.58. The molecule has 1 atom stereocenters. The molecule has 2 heterocycles. The monoisotopic (exact) mass is 409 g/mol. The second-order valence-corrected chi connectivity index (χ2v) is 7.06. The Hall–Kier alpha value is -2.65. The van der Waals surface area contributed by atoms with Gasteiger partial charge < -0.3 is 15.4 Å². The predicted octanol–water partition coefficient (Wildman–Crippen LogP) is 2.28. The molecule has 0 saturated carbocycles. The minimum absolute atomic E-state index is 0.0558. The smallest absolute Gasteiger partial charge is 0.395 e. The van der Waals surface area contributed by atoms with Crippen LogP contribution in [0.1, 0.15) is 40.0 Å². The zero-order valence-corrected chi connectivity index (χ0v) is 15.6. The van der Waals surface area contributed by atoms with Gasteiger partial charge in [0.2, 0.25) is 0 Å². The number of pyridine rings is 1. The van der Waals surface area contributed by atoms with Crippen molar-refractivity contribution in [2.24, 2.45) is 0 Å². The summed E-state index contributed by atoms with van der Waals surface area (Å²) in [7, 11) is 0. The van der Waals surface area contributed by atoms with Crippen molar-refractivity contribution < 1.29 is 23.1 Å². The van der Waals surface area contributed by atoms with Crippen molar-refractivity contribution in [2.45, 2.75) is 38.1 Å². The van der Waals surface area contributed by atoms with E-state index in [0.717, 1.165) is 31.5 Å². The summed E-state index contributed by atoms with van der Waals surface area (Å²) in [6.45, 7) is 1.22. The summed E-state index contributed by atoms with van der Waals surface area (Å²) in [4.78, 5) is 29.3. The Kier molecular flexibility index (Phi) is 6.39. The molecule has 9 heteroatoms. The SMILES string of the molecule is O=C(NCc1cccc(C(F)(F)F)c1)c1ccc(CN2CCC[C@H]2CO)[nH]c1=O. The number of aliphatic hydroxyl groups is 1. The fraction of sp³-hybridized carbons (Fsp3) is 0.400. The molecule has 3 rings (SSSR count). The molecule has 0 unspecified atom stereocenters. The fourth-order valence-corrected chi connectivity index (χ4v) is 3.45. The number of hydrogen-bond donors (Lipinski definition) is 3. The van der Waals surface area contributed by atoms with Gasteiger partial charge in [-0.15, -0.1) is 0 Å². The minimum Gasteiger partial charge on any atom is -0.395 e. The molecule has 0 spiro atoms. The number of likely N-dealkylation sites (tertiary alicyclic amines) is 1. The van der Waals surface area contributed by atoms with Gasteiger partial charge in [0.15, 0.2) is 0 Å². The molecule has 1 aromatic carbocycles. The highest BCUT2D eigenvalue weighted by atomic mass is 19.4. The molecular weight excluding hydrogens is 387 g/mol. The molecule has 6 nitrogen and oxygen atoms in total. The van der Waals surface area contributed by atoms with Crippen LogP contribution >= 0.6 is 0 Å². The van der Waals surface area contributed by atoms with Crippen molar-refractivity contribution in [2.75, 3.05) is 13.2 Å². The van der Waals surface area contributed by atoms with E-state index in [-0.39, 0.29) is 30.3 Å². The number of benzene rings is 1. The number of halogens is 3. The van der Waals surface area contributed by atoms with Crippen molar-refractivity contribution in [3.63, 3.8) is 0 Å². The Bertz CT molecular complexity index is 927. The fourth-order valence-electron chi connectivity index (χ4n) is 3.45. The number of H-pyrrole nitrogens is 1. The molecule has 2 aromatic rings. The summed E-state index contributed by atoms with van der Waals surface area (Å²) >= 11 is 0.